The summed E-state index contributed by atoms with van der Waals surface area (Å²) in [6.45, 7) is 8.37. The first kappa shape index (κ1) is 25.2. The fraction of sp³-hybridized carbons (Fsp3) is 0.680. The normalized spacial score (nSPS) is 39.5. The average molecular weight is 526 g/mol. The zero-order chi connectivity index (χ0) is 25.0. The number of halogens is 1. The molecular weight excluding hydrogens is 494 g/mol. The van der Waals surface area contributed by atoms with Gasteiger partial charge in [-0.1, -0.05) is 18.5 Å². The fourth-order valence-corrected chi connectivity index (χ4v) is 6.64. The Morgan fingerprint density at radius 1 is 1.20 bits per heavy atom. The van der Waals surface area contributed by atoms with E-state index >= 15 is 0 Å². The van der Waals surface area contributed by atoms with Gasteiger partial charge < -0.3 is 24.3 Å². The Morgan fingerprint density at radius 2 is 2.00 bits per heavy atom. The third kappa shape index (κ3) is 4.24. The summed E-state index contributed by atoms with van der Waals surface area (Å²) in [6, 6.07) is 4.87. The Kier molecular flexibility index (Phi) is 6.56. The lowest BCUT2D eigenvalue weighted by Crippen LogP contribution is -2.62. The van der Waals surface area contributed by atoms with E-state index in [2.05, 4.69) is 12.2 Å². The lowest BCUT2D eigenvalue weighted by Gasteiger charge is -2.50. The zero-order valence-corrected chi connectivity index (χ0v) is 22.0. The maximum Gasteiger partial charge on any atom is 0.340 e. The van der Waals surface area contributed by atoms with Crippen molar-refractivity contribution in [3.8, 4) is 0 Å². The Bertz CT molecular complexity index is 1030. The van der Waals surface area contributed by atoms with Crippen molar-refractivity contribution in [3.05, 3.63) is 28.8 Å². The molecule has 1 unspecified atom stereocenters. The van der Waals surface area contributed by atoms with Crippen molar-refractivity contribution in [1.82, 2.24) is 0 Å². The first-order valence-corrected chi connectivity index (χ1v) is 13.0. The first-order chi connectivity index (χ1) is 16.6. The standard InChI is InChI=1S/C25H32ClNO7S/c1-5-29-20(28)16-12-15(26)7-8-18(16)27-22(35)30-13-23(3)19-9-6-14(2)17-10-11-24(4)32-21(31-23)25(17,19)34-33-24/h7-8,12,14,17,19,21H,5-6,9-11,13H2,1-4H3,(H,27,35)/t14-,17+,19?,21-,23-,24-,25-/m1/s1. The van der Waals surface area contributed by atoms with Crippen LogP contribution in [0.4, 0.5) is 5.69 Å². The van der Waals surface area contributed by atoms with Crippen molar-refractivity contribution in [2.45, 2.75) is 76.7 Å². The van der Waals surface area contributed by atoms with Crippen LogP contribution in [0.1, 0.15) is 63.7 Å². The van der Waals surface area contributed by atoms with Gasteiger partial charge in [0.2, 0.25) is 5.79 Å². The molecular formula is C25H32ClNO7S. The molecule has 4 saturated heterocycles. The van der Waals surface area contributed by atoms with Gasteiger partial charge in [0.1, 0.15) is 12.2 Å². The maximum absolute atomic E-state index is 12.4. The molecule has 0 aromatic heterocycles. The molecule has 0 amide bonds. The van der Waals surface area contributed by atoms with Crippen LogP contribution in [0.25, 0.3) is 0 Å². The van der Waals surface area contributed by atoms with Gasteiger partial charge in [0, 0.05) is 17.4 Å². The van der Waals surface area contributed by atoms with E-state index in [1.807, 2.05) is 13.8 Å². The number of carbonyl (C=O) groups is 1. The summed E-state index contributed by atoms with van der Waals surface area (Å²) in [5.41, 5.74) is -0.640. The highest BCUT2D eigenvalue weighted by molar-refractivity contribution is 7.80. The van der Waals surface area contributed by atoms with E-state index in [1.54, 1.807) is 19.1 Å². The van der Waals surface area contributed by atoms with Crippen LogP contribution in [-0.4, -0.2) is 47.6 Å². The predicted molar refractivity (Wildman–Crippen MR) is 132 cm³/mol. The number of anilines is 1. The quantitative estimate of drug-likeness (QED) is 0.315. The van der Waals surface area contributed by atoms with Crippen LogP contribution in [0.5, 0.6) is 0 Å². The van der Waals surface area contributed by atoms with E-state index in [9.17, 15) is 4.79 Å². The van der Waals surface area contributed by atoms with Crippen molar-refractivity contribution < 1.29 is 33.5 Å². The number of carbonyl (C=O) groups excluding carboxylic acids is 1. The number of fused-ring (bicyclic) bond motifs is 2. The van der Waals surface area contributed by atoms with Gasteiger partial charge in [0.15, 0.2) is 11.9 Å². The van der Waals surface area contributed by atoms with Crippen LogP contribution in [0, 0.1) is 17.8 Å². The van der Waals surface area contributed by atoms with Gasteiger partial charge in [-0.15, -0.1) is 0 Å². The van der Waals surface area contributed by atoms with Crippen LogP contribution in [0.2, 0.25) is 5.02 Å². The van der Waals surface area contributed by atoms with Crippen LogP contribution in [0.3, 0.4) is 0 Å². The highest BCUT2D eigenvalue weighted by Crippen LogP contribution is 2.63. The SMILES string of the molecule is CCOC(=O)c1cc(Cl)ccc1NC(=S)OC[C@@]1(C)O[C@@H]2O[C@@]3(C)CC[C@H]4[C@H](C)CCC1[C@@]24OO3. The Balaban J connectivity index is 1.32. The van der Waals surface area contributed by atoms with E-state index in [-0.39, 0.29) is 35.8 Å². The third-order valence-electron chi connectivity index (χ3n) is 8.04. The lowest BCUT2D eigenvalue weighted by atomic mass is 9.60. The zero-order valence-electron chi connectivity index (χ0n) is 20.4. The number of rotatable bonds is 5. The summed E-state index contributed by atoms with van der Waals surface area (Å²) >= 11 is 11.5. The summed E-state index contributed by atoms with van der Waals surface area (Å²) in [5, 5.41) is 3.53. The second kappa shape index (κ2) is 9.11. The predicted octanol–water partition coefficient (Wildman–Crippen LogP) is 5.23. The lowest BCUT2D eigenvalue weighted by molar-refractivity contribution is -0.541. The minimum atomic E-state index is -0.821. The molecule has 1 N–H and O–H groups in total. The summed E-state index contributed by atoms with van der Waals surface area (Å²) in [6.07, 6.45) is 3.16. The minimum Gasteiger partial charge on any atom is -0.468 e. The molecule has 4 aliphatic heterocycles. The smallest absolute Gasteiger partial charge is 0.340 e. The van der Waals surface area contributed by atoms with Gasteiger partial charge in [0.05, 0.1) is 17.9 Å². The highest BCUT2D eigenvalue weighted by Gasteiger charge is 2.74. The Hall–Kier alpha value is -1.49. The molecule has 0 radical (unpaired) electrons. The number of ether oxygens (including phenoxy) is 4. The van der Waals surface area contributed by atoms with Gasteiger partial charge in [-0.25, -0.2) is 14.6 Å². The summed E-state index contributed by atoms with van der Waals surface area (Å²) in [5.74, 6) is -0.562. The first-order valence-electron chi connectivity index (χ1n) is 12.2. The molecule has 6 rings (SSSR count). The second-order valence-corrected chi connectivity index (χ2v) is 11.2. The largest absolute Gasteiger partial charge is 0.468 e. The third-order valence-corrected chi connectivity index (χ3v) is 8.49. The van der Waals surface area contributed by atoms with E-state index in [0.717, 1.165) is 25.7 Å². The van der Waals surface area contributed by atoms with Crippen molar-refractivity contribution in [1.29, 1.82) is 0 Å². The number of benzene rings is 1. The van der Waals surface area contributed by atoms with Crippen LogP contribution >= 0.6 is 23.8 Å². The topological polar surface area (TPSA) is 84.5 Å². The number of esters is 1. The number of thiocarbonyl (C=S) groups is 1. The van der Waals surface area contributed by atoms with Crippen molar-refractivity contribution in [3.63, 3.8) is 0 Å². The van der Waals surface area contributed by atoms with Crippen molar-refractivity contribution in [2.24, 2.45) is 17.8 Å². The molecule has 35 heavy (non-hydrogen) atoms. The molecule has 1 saturated carbocycles. The molecule has 5 fully saturated rings. The molecule has 2 bridgehead atoms. The van der Waals surface area contributed by atoms with Crippen LogP contribution < -0.4 is 5.32 Å². The minimum absolute atomic E-state index is 0.0114. The fourth-order valence-electron chi connectivity index (χ4n) is 6.30. The summed E-state index contributed by atoms with van der Waals surface area (Å²) in [7, 11) is 0. The van der Waals surface area contributed by atoms with Crippen molar-refractivity contribution in [2.75, 3.05) is 18.5 Å². The maximum atomic E-state index is 12.4. The van der Waals surface area contributed by atoms with Gasteiger partial charge in [-0.05, 0) is 82.3 Å². The summed E-state index contributed by atoms with van der Waals surface area (Å²) < 4.78 is 24.0. The van der Waals surface area contributed by atoms with Gasteiger partial charge >= 0.3 is 5.97 Å². The molecule has 1 aliphatic carbocycles. The van der Waals surface area contributed by atoms with Gasteiger partial charge in [0.25, 0.3) is 5.17 Å². The van der Waals surface area contributed by atoms with E-state index < -0.39 is 29.2 Å². The molecule has 5 aliphatic rings. The monoisotopic (exact) mass is 525 g/mol. The van der Waals surface area contributed by atoms with E-state index in [0.29, 0.717) is 16.6 Å². The van der Waals surface area contributed by atoms with Crippen LogP contribution in [0.15, 0.2) is 18.2 Å². The van der Waals surface area contributed by atoms with Crippen LogP contribution in [-0.2, 0) is 28.7 Å². The molecule has 4 heterocycles. The molecule has 1 aromatic carbocycles. The average Bonchev–Trinajstić information content (AvgIpc) is 2.89. The molecule has 10 heteroatoms. The summed E-state index contributed by atoms with van der Waals surface area (Å²) in [4.78, 5) is 24.4. The molecule has 1 spiro atoms. The van der Waals surface area contributed by atoms with Crippen molar-refractivity contribution >= 4 is 40.7 Å². The van der Waals surface area contributed by atoms with E-state index in [4.69, 9.17) is 52.5 Å². The second-order valence-electron chi connectivity index (χ2n) is 10.4. The van der Waals surface area contributed by atoms with Gasteiger partial charge in [-0.2, -0.15) is 0 Å². The van der Waals surface area contributed by atoms with Gasteiger partial charge in [-0.3, -0.25) is 0 Å². The molecule has 7 atom stereocenters. The number of hydrogen-bond donors (Lipinski definition) is 1. The Labute approximate surface area is 215 Å². The Morgan fingerprint density at radius 3 is 2.77 bits per heavy atom. The molecule has 192 valence electrons. The highest BCUT2D eigenvalue weighted by atomic mass is 35.5. The number of hydrogen-bond acceptors (Lipinski definition) is 8. The molecule has 8 nitrogen and oxygen atoms in total. The molecule has 1 aromatic rings. The van der Waals surface area contributed by atoms with E-state index in [1.165, 1.54) is 6.07 Å². The number of nitrogens with one attached hydrogen (secondary N) is 1.